The minimum absolute atomic E-state index is 0.163. The molecule has 3 aromatic rings. The van der Waals surface area contributed by atoms with E-state index in [9.17, 15) is 4.79 Å². The van der Waals surface area contributed by atoms with Crippen molar-refractivity contribution in [3.8, 4) is 11.4 Å². The van der Waals surface area contributed by atoms with E-state index in [4.69, 9.17) is 23.2 Å². The van der Waals surface area contributed by atoms with Gasteiger partial charge in [-0.2, -0.15) is 0 Å². The zero-order valence-corrected chi connectivity index (χ0v) is 18.2. The van der Waals surface area contributed by atoms with Crippen LogP contribution in [0.4, 0.5) is 5.69 Å². The molecule has 0 unspecified atom stereocenters. The number of carbonyl (C=O) groups is 1. The van der Waals surface area contributed by atoms with Crippen LogP contribution in [0.15, 0.2) is 28.7 Å². The third-order valence-electron chi connectivity index (χ3n) is 4.01. The summed E-state index contributed by atoms with van der Waals surface area (Å²) in [5, 5.41) is 15.1. The van der Waals surface area contributed by atoms with Crippen molar-refractivity contribution in [2.45, 2.75) is 25.4 Å². The molecule has 0 bridgehead atoms. The Kier molecular flexibility index (Phi) is 6.47. The molecule has 2 aromatic heterocycles. The van der Waals surface area contributed by atoms with Gasteiger partial charge >= 0.3 is 0 Å². The molecule has 0 atom stereocenters. The smallest absolute Gasteiger partial charge is 0.234 e. The van der Waals surface area contributed by atoms with Gasteiger partial charge in [0.25, 0.3) is 0 Å². The maximum atomic E-state index is 12.2. The van der Waals surface area contributed by atoms with Crippen LogP contribution < -0.4 is 5.32 Å². The Balaban J connectivity index is 1.68. The molecule has 3 rings (SSSR count). The van der Waals surface area contributed by atoms with Crippen LogP contribution in [-0.4, -0.2) is 26.4 Å². The second kappa shape index (κ2) is 8.65. The number of benzene rings is 1. The highest BCUT2D eigenvalue weighted by Crippen LogP contribution is 2.32. The summed E-state index contributed by atoms with van der Waals surface area (Å²) in [6, 6.07) is 4.93. The van der Waals surface area contributed by atoms with Crippen molar-refractivity contribution >= 4 is 57.9 Å². The number of hydrogen-bond acceptors (Lipinski definition) is 5. The van der Waals surface area contributed by atoms with Crippen molar-refractivity contribution in [1.29, 1.82) is 0 Å². The fourth-order valence-electron chi connectivity index (χ4n) is 2.73. The lowest BCUT2D eigenvalue weighted by molar-refractivity contribution is -0.113. The zero-order valence-electron chi connectivity index (χ0n) is 15.0. The number of carbonyl (C=O) groups excluding carboxylic acids is 1. The number of nitrogens with zero attached hydrogens (tertiary/aromatic N) is 3. The Bertz CT molecular complexity index is 964. The number of thioether (sulfide) groups is 1. The van der Waals surface area contributed by atoms with E-state index in [1.807, 2.05) is 11.6 Å². The number of thiophene rings is 1. The predicted octanol–water partition coefficient (Wildman–Crippen LogP) is 5.45. The molecular formula is C18H18Cl2N4OS2. The van der Waals surface area contributed by atoms with Crippen LogP contribution in [0.2, 0.25) is 10.0 Å². The van der Waals surface area contributed by atoms with Crippen LogP contribution in [0.3, 0.4) is 0 Å². The Morgan fingerprint density at radius 1 is 1.26 bits per heavy atom. The summed E-state index contributed by atoms with van der Waals surface area (Å²) in [4.78, 5) is 13.5. The number of rotatable bonds is 6. The lowest BCUT2D eigenvalue weighted by Gasteiger charge is -2.07. The van der Waals surface area contributed by atoms with Gasteiger partial charge in [-0.15, -0.1) is 21.5 Å². The van der Waals surface area contributed by atoms with Gasteiger partial charge in [0, 0.05) is 38.6 Å². The molecule has 1 aromatic carbocycles. The van der Waals surface area contributed by atoms with Gasteiger partial charge in [0.05, 0.1) is 5.75 Å². The molecule has 0 saturated heterocycles. The average Bonchev–Trinajstić information content (AvgIpc) is 3.14. The number of anilines is 1. The Morgan fingerprint density at radius 3 is 2.63 bits per heavy atom. The maximum absolute atomic E-state index is 12.2. The van der Waals surface area contributed by atoms with E-state index in [2.05, 4.69) is 34.7 Å². The molecule has 0 aliphatic rings. The van der Waals surface area contributed by atoms with E-state index in [1.165, 1.54) is 22.2 Å². The fourth-order valence-corrected chi connectivity index (χ4v) is 4.91. The summed E-state index contributed by atoms with van der Waals surface area (Å²) in [5.41, 5.74) is 2.97. The topological polar surface area (TPSA) is 59.8 Å². The van der Waals surface area contributed by atoms with Crippen LogP contribution >= 0.6 is 46.3 Å². The van der Waals surface area contributed by atoms with Crippen LogP contribution in [0, 0.1) is 6.92 Å². The number of aryl methyl sites for hydroxylation is 1. The summed E-state index contributed by atoms with van der Waals surface area (Å²) in [5.74, 6) is 0.864. The molecule has 1 amide bonds. The van der Waals surface area contributed by atoms with Crippen LogP contribution in [0.5, 0.6) is 0 Å². The van der Waals surface area contributed by atoms with Crippen molar-refractivity contribution < 1.29 is 4.79 Å². The Labute approximate surface area is 176 Å². The standard InChI is InChI=1S/C18H18Cl2N4OS2/c1-4-14-10(2)26-8-15(14)17-22-23-18(24(17)3)27-9-16(25)21-13-6-11(19)5-12(20)7-13/h5-8H,4,9H2,1-3H3,(H,21,25). The molecule has 1 N–H and O–H groups in total. The summed E-state index contributed by atoms with van der Waals surface area (Å²) >= 11 is 15.0. The van der Waals surface area contributed by atoms with E-state index >= 15 is 0 Å². The molecule has 27 heavy (non-hydrogen) atoms. The molecule has 0 aliphatic carbocycles. The molecule has 0 spiro atoms. The Morgan fingerprint density at radius 2 is 1.96 bits per heavy atom. The molecule has 0 fully saturated rings. The summed E-state index contributed by atoms with van der Waals surface area (Å²) in [7, 11) is 1.92. The van der Waals surface area contributed by atoms with E-state index < -0.39 is 0 Å². The SMILES string of the molecule is CCc1c(-c2nnc(SCC(=O)Nc3cc(Cl)cc(Cl)c3)n2C)csc1C. The van der Waals surface area contributed by atoms with Gasteiger partial charge in [0.2, 0.25) is 5.91 Å². The van der Waals surface area contributed by atoms with E-state index in [1.54, 1.807) is 29.5 Å². The minimum Gasteiger partial charge on any atom is -0.325 e. The van der Waals surface area contributed by atoms with Crippen molar-refractivity contribution in [2.75, 3.05) is 11.1 Å². The monoisotopic (exact) mass is 440 g/mol. The number of hydrogen-bond donors (Lipinski definition) is 1. The van der Waals surface area contributed by atoms with E-state index in [0.717, 1.165) is 17.8 Å². The molecular weight excluding hydrogens is 423 g/mol. The third kappa shape index (κ3) is 4.66. The highest BCUT2D eigenvalue weighted by molar-refractivity contribution is 7.99. The van der Waals surface area contributed by atoms with Gasteiger partial charge in [0.1, 0.15) is 0 Å². The second-order valence-electron chi connectivity index (χ2n) is 5.90. The van der Waals surface area contributed by atoms with E-state index in [-0.39, 0.29) is 11.7 Å². The summed E-state index contributed by atoms with van der Waals surface area (Å²) in [6.45, 7) is 4.25. The zero-order chi connectivity index (χ0) is 19.6. The third-order valence-corrected chi connectivity index (χ3v) is 6.42. The minimum atomic E-state index is -0.163. The average molecular weight is 441 g/mol. The number of nitrogens with one attached hydrogen (secondary N) is 1. The molecule has 2 heterocycles. The van der Waals surface area contributed by atoms with Gasteiger partial charge in [0.15, 0.2) is 11.0 Å². The van der Waals surface area contributed by atoms with E-state index in [0.29, 0.717) is 20.9 Å². The number of halogens is 2. The first-order chi connectivity index (χ1) is 12.9. The Hall–Kier alpha value is -1.54. The first-order valence-electron chi connectivity index (χ1n) is 8.24. The predicted molar refractivity (Wildman–Crippen MR) is 114 cm³/mol. The number of amides is 1. The molecule has 142 valence electrons. The molecule has 0 radical (unpaired) electrons. The van der Waals surface area contributed by atoms with Crippen molar-refractivity contribution in [3.05, 3.63) is 44.1 Å². The van der Waals surface area contributed by atoms with Crippen LogP contribution in [-0.2, 0) is 18.3 Å². The van der Waals surface area contributed by atoms with Gasteiger partial charge in [-0.05, 0) is 37.1 Å². The molecule has 0 aliphatic heterocycles. The highest BCUT2D eigenvalue weighted by Gasteiger charge is 2.17. The summed E-state index contributed by atoms with van der Waals surface area (Å²) in [6.07, 6.45) is 0.949. The van der Waals surface area contributed by atoms with Gasteiger partial charge in [-0.25, -0.2) is 0 Å². The van der Waals surface area contributed by atoms with Gasteiger partial charge in [-0.3, -0.25) is 4.79 Å². The van der Waals surface area contributed by atoms with Crippen molar-refractivity contribution in [2.24, 2.45) is 7.05 Å². The molecule has 5 nitrogen and oxygen atoms in total. The number of aromatic nitrogens is 3. The quantitative estimate of drug-likeness (QED) is 0.517. The fraction of sp³-hybridized carbons (Fsp3) is 0.278. The molecule has 0 saturated carbocycles. The van der Waals surface area contributed by atoms with Crippen molar-refractivity contribution in [3.63, 3.8) is 0 Å². The summed E-state index contributed by atoms with van der Waals surface area (Å²) < 4.78 is 1.93. The van der Waals surface area contributed by atoms with Crippen molar-refractivity contribution in [1.82, 2.24) is 14.8 Å². The maximum Gasteiger partial charge on any atom is 0.234 e. The first kappa shape index (κ1) is 20.2. The van der Waals surface area contributed by atoms with Gasteiger partial charge < -0.3 is 9.88 Å². The van der Waals surface area contributed by atoms with Gasteiger partial charge in [-0.1, -0.05) is 41.9 Å². The second-order valence-corrected chi connectivity index (χ2v) is 8.80. The highest BCUT2D eigenvalue weighted by atomic mass is 35.5. The van der Waals surface area contributed by atoms with Crippen LogP contribution in [0.25, 0.3) is 11.4 Å². The first-order valence-corrected chi connectivity index (χ1v) is 10.9. The normalized spacial score (nSPS) is 11.0. The largest absolute Gasteiger partial charge is 0.325 e. The lowest BCUT2D eigenvalue weighted by atomic mass is 10.1. The van der Waals surface area contributed by atoms with Crippen LogP contribution in [0.1, 0.15) is 17.4 Å². The lowest BCUT2D eigenvalue weighted by Crippen LogP contribution is -2.14. The molecule has 9 heteroatoms.